The molecule has 0 aromatic carbocycles. The van der Waals surface area contributed by atoms with E-state index in [9.17, 15) is 9.59 Å². The highest BCUT2D eigenvalue weighted by Gasteiger charge is 2.16. The van der Waals surface area contributed by atoms with Crippen LogP contribution in [0.1, 0.15) is 104 Å². The summed E-state index contributed by atoms with van der Waals surface area (Å²) in [7, 11) is 0. The third-order valence-electron chi connectivity index (χ3n) is 4.13. The largest absolute Gasteiger partial charge is 0.457 e. The number of unbranched alkanes of at least 4 members (excludes halogenated alkanes) is 12. The predicted octanol–water partition coefficient (Wildman–Crippen LogP) is 5.57. The van der Waals surface area contributed by atoms with Gasteiger partial charge < -0.3 is 9.47 Å². The van der Waals surface area contributed by atoms with Crippen molar-refractivity contribution in [2.45, 2.75) is 104 Å². The van der Waals surface area contributed by atoms with Crippen molar-refractivity contribution in [2.24, 2.45) is 0 Å². The van der Waals surface area contributed by atoms with Gasteiger partial charge in [-0.15, -0.1) is 0 Å². The Bertz CT molecular complexity index is 302. The summed E-state index contributed by atoms with van der Waals surface area (Å²) in [6, 6.07) is 0. The average molecular weight is 343 g/mol. The number of carbonyl (C=O) groups excluding carboxylic acids is 2. The Kier molecular flexibility index (Phi) is 17.5. The first-order valence-electron chi connectivity index (χ1n) is 10.1. The van der Waals surface area contributed by atoms with E-state index in [-0.39, 0.29) is 0 Å². The van der Waals surface area contributed by atoms with Gasteiger partial charge in [0.2, 0.25) is 0 Å². The van der Waals surface area contributed by atoms with Gasteiger partial charge in [0, 0.05) is 0 Å². The van der Waals surface area contributed by atoms with E-state index in [1.165, 1.54) is 51.4 Å². The van der Waals surface area contributed by atoms with Crippen LogP contribution in [0.4, 0.5) is 0 Å². The smallest absolute Gasteiger partial charge is 0.417 e. The lowest BCUT2D eigenvalue weighted by atomic mass is 10.1. The summed E-state index contributed by atoms with van der Waals surface area (Å²) in [5.41, 5.74) is 0. The molecule has 0 rings (SSSR count). The number of carbonyl (C=O) groups is 2. The molecule has 0 aromatic rings. The molecule has 24 heavy (non-hydrogen) atoms. The second-order valence-electron chi connectivity index (χ2n) is 6.51. The SMILES string of the molecule is CCCCCCCCCCCCOC(=O)C(=O)OCCCCCC. The molecule has 0 bridgehead atoms. The van der Waals surface area contributed by atoms with E-state index in [4.69, 9.17) is 9.47 Å². The van der Waals surface area contributed by atoms with Crippen LogP contribution in [0.15, 0.2) is 0 Å². The van der Waals surface area contributed by atoms with Gasteiger partial charge in [0.1, 0.15) is 0 Å². The molecule has 0 heterocycles. The molecule has 0 fully saturated rings. The molecular formula is C20H38O4. The molecule has 0 saturated heterocycles. The van der Waals surface area contributed by atoms with Crippen LogP contribution in [0.5, 0.6) is 0 Å². The molecule has 4 heteroatoms. The van der Waals surface area contributed by atoms with Gasteiger partial charge in [0.15, 0.2) is 0 Å². The van der Waals surface area contributed by atoms with Gasteiger partial charge >= 0.3 is 11.9 Å². The number of hydrogen-bond donors (Lipinski definition) is 0. The number of esters is 2. The minimum Gasteiger partial charge on any atom is -0.457 e. The Labute approximate surface area is 148 Å². The molecule has 0 spiro atoms. The Morgan fingerprint density at radius 2 is 0.792 bits per heavy atom. The van der Waals surface area contributed by atoms with Gasteiger partial charge in [-0.25, -0.2) is 9.59 Å². The van der Waals surface area contributed by atoms with Gasteiger partial charge in [0.25, 0.3) is 0 Å². The first kappa shape index (κ1) is 22.9. The van der Waals surface area contributed by atoms with Crippen molar-refractivity contribution >= 4 is 11.9 Å². The third kappa shape index (κ3) is 15.8. The Morgan fingerprint density at radius 3 is 1.17 bits per heavy atom. The zero-order chi connectivity index (χ0) is 17.9. The second-order valence-corrected chi connectivity index (χ2v) is 6.51. The van der Waals surface area contributed by atoms with Gasteiger partial charge in [-0.2, -0.15) is 0 Å². The van der Waals surface area contributed by atoms with Gasteiger partial charge in [-0.05, 0) is 12.8 Å². The van der Waals surface area contributed by atoms with E-state index in [2.05, 4.69) is 13.8 Å². The fourth-order valence-corrected chi connectivity index (χ4v) is 2.57. The molecular weight excluding hydrogens is 304 g/mol. The fourth-order valence-electron chi connectivity index (χ4n) is 2.57. The van der Waals surface area contributed by atoms with Crippen molar-refractivity contribution in [1.82, 2.24) is 0 Å². The molecule has 0 radical (unpaired) electrons. The summed E-state index contributed by atoms with van der Waals surface area (Å²) in [6.45, 7) is 4.99. The van der Waals surface area contributed by atoms with E-state index >= 15 is 0 Å². The number of rotatable bonds is 16. The zero-order valence-electron chi connectivity index (χ0n) is 15.9. The highest BCUT2D eigenvalue weighted by Crippen LogP contribution is 2.10. The lowest BCUT2D eigenvalue weighted by molar-refractivity contribution is -0.167. The maximum atomic E-state index is 11.4. The van der Waals surface area contributed by atoms with Crippen LogP contribution in [0.2, 0.25) is 0 Å². The minimum atomic E-state index is -0.849. The Morgan fingerprint density at radius 1 is 0.500 bits per heavy atom. The van der Waals surface area contributed by atoms with Gasteiger partial charge in [-0.3, -0.25) is 0 Å². The first-order chi connectivity index (χ1) is 11.7. The van der Waals surface area contributed by atoms with Crippen molar-refractivity contribution in [3.63, 3.8) is 0 Å². The molecule has 0 saturated carbocycles. The van der Waals surface area contributed by atoms with Gasteiger partial charge in [-0.1, -0.05) is 90.9 Å². The van der Waals surface area contributed by atoms with Crippen molar-refractivity contribution in [3.05, 3.63) is 0 Å². The Hall–Kier alpha value is -1.06. The summed E-state index contributed by atoms with van der Waals surface area (Å²) in [6.07, 6.45) is 16.4. The minimum absolute atomic E-state index is 0.312. The van der Waals surface area contributed by atoms with E-state index in [1.54, 1.807) is 0 Å². The zero-order valence-corrected chi connectivity index (χ0v) is 15.9. The molecule has 0 atom stereocenters. The normalized spacial score (nSPS) is 10.6. The summed E-state index contributed by atoms with van der Waals surface area (Å²) < 4.78 is 9.83. The molecule has 0 amide bonds. The molecule has 0 aliphatic rings. The standard InChI is InChI=1S/C20H38O4/c1-3-5-7-9-10-11-12-13-14-16-18-24-20(22)19(21)23-17-15-8-6-4-2/h3-18H2,1-2H3. The topological polar surface area (TPSA) is 52.6 Å². The maximum Gasteiger partial charge on any atom is 0.417 e. The molecule has 0 aliphatic heterocycles. The second kappa shape index (κ2) is 18.3. The molecule has 142 valence electrons. The number of ether oxygens (including phenoxy) is 2. The third-order valence-corrected chi connectivity index (χ3v) is 4.13. The van der Waals surface area contributed by atoms with Crippen molar-refractivity contribution in [2.75, 3.05) is 13.2 Å². The van der Waals surface area contributed by atoms with Crippen LogP contribution in [0, 0.1) is 0 Å². The van der Waals surface area contributed by atoms with Crippen molar-refractivity contribution in [3.8, 4) is 0 Å². The van der Waals surface area contributed by atoms with Crippen LogP contribution < -0.4 is 0 Å². The van der Waals surface area contributed by atoms with Crippen molar-refractivity contribution < 1.29 is 19.1 Å². The summed E-state index contributed by atoms with van der Waals surface area (Å²) >= 11 is 0. The fraction of sp³-hybridized carbons (Fsp3) is 0.900. The van der Waals surface area contributed by atoms with E-state index in [1.807, 2.05) is 0 Å². The van der Waals surface area contributed by atoms with Crippen LogP contribution in [-0.4, -0.2) is 25.2 Å². The quantitative estimate of drug-likeness (QED) is 0.209. The lowest BCUT2D eigenvalue weighted by Crippen LogP contribution is -2.21. The first-order valence-corrected chi connectivity index (χ1v) is 10.1. The monoisotopic (exact) mass is 342 g/mol. The van der Waals surface area contributed by atoms with Crippen LogP contribution >= 0.6 is 0 Å². The molecule has 4 nitrogen and oxygen atoms in total. The van der Waals surface area contributed by atoms with Crippen molar-refractivity contribution in [1.29, 1.82) is 0 Å². The van der Waals surface area contributed by atoms with Crippen LogP contribution in [-0.2, 0) is 19.1 Å². The number of hydrogen-bond acceptors (Lipinski definition) is 4. The highest BCUT2D eigenvalue weighted by molar-refractivity contribution is 6.29. The average Bonchev–Trinajstić information content (AvgIpc) is 2.59. The molecule has 0 unspecified atom stereocenters. The maximum absolute atomic E-state index is 11.4. The van der Waals surface area contributed by atoms with Gasteiger partial charge in [0.05, 0.1) is 13.2 Å². The summed E-state index contributed by atoms with van der Waals surface area (Å²) in [4.78, 5) is 22.8. The summed E-state index contributed by atoms with van der Waals surface area (Å²) in [5.74, 6) is -1.69. The van der Waals surface area contributed by atoms with E-state index in [0.717, 1.165) is 38.5 Å². The molecule has 0 aromatic heterocycles. The predicted molar refractivity (Wildman–Crippen MR) is 97.9 cm³/mol. The molecule has 0 N–H and O–H groups in total. The lowest BCUT2D eigenvalue weighted by Gasteiger charge is -2.06. The van der Waals surface area contributed by atoms with Crippen LogP contribution in [0.25, 0.3) is 0 Å². The highest BCUT2D eigenvalue weighted by atomic mass is 16.6. The van der Waals surface area contributed by atoms with Crippen LogP contribution in [0.3, 0.4) is 0 Å². The Balaban J connectivity index is 3.31. The molecule has 0 aliphatic carbocycles. The van der Waals surface area contributed by atoms with E-state index in [0.29, 0.717) is 13.2 Å². The summed E-state index contributed by atoms with van der Waals surface area (Å²) in [5, 5.41) is 0. The van der Waals surface area contributed by atoms with E-state index < -0.39 is 11.9 Å².